The van der Waals surface area contributed by atoms with E-state index >= 15 is 0 Å². The molecule has 1 aliphatic heterocycles. The van der Waals surface area contributed by atoms with E-state index in [1.165, 1.54) is 0 Å². The number of ether oxygens (including phenoxy) is 1. The Morgan fingerprint density at radius 2 is 2.00 bits per heavy atom. The summed E-state index contributed by atoms with van der Waals surface area (Å²) in [4.78, 5) is 25.6. The molecule has 19 heavy (non-hydrogen) atoms. The number of carbonyl (C=O) groups excluding carboxylic acids is 2. The van der Waals surface area contributed by atoms with E-state index in [1.54, 1.807) is 17.0 Å². The van der Waals surface area contributed by atoms with Gasteiger partial charge in [0, 0.05) is 13.1 Å². The second-order valence-electron chi connectivity index (χ2n) is 4.36. The molecule has 5 nitrogen and oxygen atoms in total. The van der Waals surface area contributed by atoms with Crippen LogP contribution in [0.25, 0.3) is 0 Å². The van der Waals surface area contributed by atoms with Gasteiger partial charge in [-0.1, -0.05) is 12.1 Å². The summed E-state index contributed by atoms with van der Waals surface area (Å²) in [5.74, 6) is 0.281. The minimum absolute atomic E-state index is 0.0652. The Morgan fingerprint density at radius 3 is 2.68 bits per heavy atom. The van der Waals surface area contributed by atoms with Crippen molar-refractivity contribution in [1.29, 1.82) is 0 Å². The SMILES string of the molecule is CCN(CC)C(=O)CC1Oc2ccccc2NC1=O. The van der Waals surface area contributed by atoms with Gasteiger partial charge >= 0.3 is 0 Å². The van der Waals surface area contributed by atoms with E-state index < -0.39 is 6.10 Å². The molecule has 0 radical (unpaired) electrons. The molecule has 1 atom stereocenters. The van der Waals surface area contributed by atoms with Crippen molar-refractivity contribution in [2.45, 2.75) is 26.4 Å². The molecule has 0 aromatic heterocycles. The summed E-state index contributed by atoms with van der Waals surface area (Å²) in [6.07, 6.45) is -0.676. The molecule has 0 saturated carbocycles. The van der Waals surface area contributed by atoms with Crippen molar-refractivity contribution in [1.82, 2.24) is 4.90 Å². The lowest BCUT2D eigenvalue weighted by Crippen LogP contribution is -2.42. The highest BCUT2D eigenvalue weighted by molar-refractivity contribution is 5.99. The Hall–Kier alpha value is -2.04. The van der Waals surface area contributed by atoms with E-state index in [9.17, 15) is 9.59 Å². The quantitative estimate of drug-likeness (QED) is 0.897. The minimum Gasteiger partial charge on any atom is -0.478 e. The molecule has 1 aromatic carbocycles. The van der Waals surface area contributed by atoms with Crippen molar-refractivity contribution in [3.8, 4) is 5.75 Å². The van der Waals surface area contributed by atoms with Crippen LogP contribution < -0.4 is 10.1 Å². The molecular weight excluding hydrogens is 244 g/mol. The fourth-order valence-corrected chi connectivity index (χ4v) is 2.09. The number of para-hydroxylation sites is 2. The van der Waals surface area contributed by atoms with E-state index in [0.717, 1.165) is 0 Å². The molecule has 0 fully saturated rings. The fourth-order valence-electron chi connectivity index (χ4n) is 2.09. The highest BCUT2D eigenvalue weighted by Gasteiger charge is 2.30. The van der Waals surface area contributed by atoms with Crippen LogP contribution >= 0.6 is 0 Å². The topological polar surface area (TPSA) is 58.6 Å². The Morgan fingerprint density at radius 1 is 1.32 bits per heavy atom. The summed E-state index contributed by atoms with van der Waals surface area (Å²) in [6.45, 7) is 5.11. The highest BCUT2D eigenvalue weighted by Crippen LogP contribution is 2.29. The first-order valence-electron chi connectivity index (χ1n) is 6.50. The maximum absolute atomic E-state index is 12.0. The average molecular weight is 262 g/mol. The van der Waals surface area contributed by atoms with Gasteiger partial charge in [0.05, 0.1) is 12.1 Å². The summed E-state index contributed by atoms with van der Waals surface area (Å²) in [5, 5.41) is 2.76. The Labute approximate surface area is 112 Å². The lowest BCUT2D eigenvalue weighted by atomic mass is 10.1. The zero-order valence-electron chi connectivity index (χ0n) is 11.2. The lowest BCUT2D eigenvalue weighted by Gasteiger charge is -2.27. The average Bonchev–Trinajstić information content (AvgIpc) is 2.41. The zero-order valence-corrected chi connectivity index (χ0v) is 11.2. The van der Waals surface area contributed by atoms with E-state index in [1.807, 2.05) is 26.0 Å². The smallest absolute Gasteiger partial charge is 0.266 e. The van der Waals surface area contributed by atoms with Gasteiger partial charge in [-0.15, -0.1) is 0 Å². The van der Waals surface area contributed by atoms with Crippen molar-refractivity contribution < 1.29 is 14.3 Å². The first kappa shape index (κ1) is 13.4. The molecule has 0 aliphatic carbocycles. The van der Waals surface area contributed by atoms with Gasteiger partial charge < -0.3 is 15.0 Å². The maximum atomic E-state index is 12.0. The minimum atomic E-state index is -0.747. The van der Waals surface area contributed by atoms with Gasteiger partial charge in [0.15, 0.2) is 6.10 Å². The van der Waals surface area contributed by atoms with Gasteiger partial charge in [0.2, 0.25) is 5.91 Å². The fraction of sp³-hybridized carbons (Fsp3) is 0.429. The lowest BCUT2D eigenvalue weighted by molar-refractivity contribution is -0.136. The summed E-state index contributed by atoms with van der Waals surface area (Å²) in [6, 6.07) is 7.21. The second-order valence-corrected chi connectivity index (χ2v) is 4.36. The Kier molecular flexibility index (Phi) is 4.04. The molecule has 1 aromatic rings. The number of hydrogen-bond donors (Lipinski definition) is 1. The van der Waals surface area contributed by atoms with E-state index in [2.05, 4.69) is 5.32 Å². The molecule has 2 amide bonds. The summed E-state index contributed by atoms with van der Waals surface area (Å²) >= 11 is 0. The number of hydrogen-bond acceptors (Lipinski definition) is 3. The Balaban J connectivity index is 2.07. The zero-order chi connectivity index (χ0) is 13.8. The van der Waals surface area contributed by atoms with Gasteiger partial charge in [0.25, 0.3) is 5.91 Å². The standard InChI is InChI=1S/C14H18N2O3/c1-3-16(4-2)13(17)9-12-14(18)15-10-7-5-6-8-11(10)19-12/h5-8,12H,3-4,9H2,1-2H3,(H,15,18). The molecule has 5 heteroatoms. The predicted octanol–water partition coefficient (Wildman–Crippen LogP) is 1.64. The molecular formula is C14H18N2O3. The highest BCUT2D eigenvalue weighted by atomic mass is 16.5. The van der Waals surface area contributed by atoms with Crippen molar-refractivity contribution in [3.63, 3.8) is 0 Å². The first-order chi connectivity index (χ1) is 9.15. The monoisotopic (exact) mass is 262 g/mol. The maximum Gasteiger partial charge on any atom is 0.266 e. The Bertz CT molecular complexity index is 483. The summed E-state index contributed by atoms with van der Waals surface area (Å²) < 4.78 is 5.59. The van der Waals surface area contributed by atoms with Crippen LogP contribution in [0.1, 0.15) is 20.3 Å². The summed E-state index contributed by atoms with van der Waals surface area (Å²) in [7, 11) is 0. The third-order valence-corrected chi connectivity index (χ3v) is 3.18. The van der Waals surface area contributed by atoms with Gasteiger partial charge in [0.1, 0.15) is 5.75 Å². The third-order valence-electron chi connectivity index (χ3n) is 3.18. The van der Waals surface area contributed by atoms with Crippen LogP contribution in [0.2, 0.25) is 0 Å². The number of benzene rings is 1. The predicted molar refractivity (Wildman–Crippen MR) is 72.0 cm³/mol. The number of nitrogens with one attached hydrogen (secondary N) is 1. The van der Waals surface area contributed by atoms with Crippen molar-refractivity contribution in [3.05, 3.63) is 24.3 Å². The molecule has 1 aliphatic rings. The molecule has 2 rings (SSSR count). The largest absolute Gasteiger partial charge is 0.478 e. The molecule has 0 spiro atoms. The molecule has 0 saturated heterocycles. The third kappa shape index (κ3) is 2.86. The number of rotatable bonds is 4. The van der Waals surface area contributed by atoms with Gasteiger partial charge in [-0.25, -0.2) is 0 Å². The summed E-state index contributed by atoms with van der Waals surface area (Å²) in [5.41, 5.74) is 0.652. The number of fused-ring (bicyclic) bond motifs is 1. The molecule has 1 unspecified atom stereocenters. The van der Waals surface area contributed by atoms with E-state index in [4.69, 9.17) is 4.74 Å². The van der Waals surface area contributed by atoms with Crippen LogP contribution in [-0.2, 0) is 9.59 Å². The second kappa shape index (κ2) is 5.73. The number of carbonyl (C=O) groups is 2. The first-order valence-corrected chi connectivity index (χ1v) is 6.50. The van der Waals surface area contributed by atoms with Crippen LogP contribution in [0, 0.1) is 0 Å². The van der Waals surface area contributed by atoms with Crippen LogP contribution in [0.4, 0.5) is 5.69 Å². The van der Waals surface area contributed by atoms with Crippen LogP contribution in [0.15, 0.2) is 24.3 Å². The molecule has 102 valence electrons. The number of amides is 2. The van der Waals surface area contributed by atoms with Crippen LogP contribution in [0.5, 0.6) is 5.75 Å². The van der Waals surface area contributed by atoms with Crippen molar-refractivity contribution >= 4 is 17.5 Å². The number of nitrogens with zero attached hydrogens (tertiary/aromatic N) is 1. The van der Waals surface area contributed by atoms with Gasteiger partial charge in [-0.3, -0.25) is 9.59 Å². The number of anilines is 1. The molecule has 1 N–H and O–H groups in total. The van der Waals surface area contributed by atoms with Gasteiger partial charge in [-0.2, -0.15) is 0 Å². The van der Waals surface area contributed by atoms with E-state index in [-0.39, 0.29) is 18.2 Å². The van der Waals surface area contributed by atoms with E-state index in [0.29, 0.717) is 24.5 Å². The normalized spacial score (nSPS) is 17.2. The van der Waals surface area contributed by atoms with Crippen molar-refractivity contribution in [2.24, 2.45) is 0 Å². The molecule has 1 heterocycles. The van der Waals surface area contributed by atoms with Crippen LogP contribution in [-0.4, -0.2) is 35.9 Å². The van der Waals surface area contributed by atoms with Crippen molar-refractivity contribution in [2.75, 3.05) is 18.4 Å². The van der Waals surface area contributed by atoms with Crippen LogP contribution in [0.3, 0.4) is 0 Å². The van der Waals surface area contributed by atoms with Gasteiger partial charge in [-0.05, 0) is 26.0 Å². The molecule has 0 bridgehead atoms.